The number of carboxylic acids is 1. The van der Waals surface area contributed by atoms with Crippen molar-refractivity contribution >= 4 is 5.97 Å². The van der Waals surface area contributed by atoms with Crippen LogP contribution < -0.4 is 0 Å². The third kappa shape index (κ3) is 5.00. The van der Waals surface area contributed by atoms with Gasteiger partial charge in [0.05, 0.1) is 12.1 Å². The van der Waals surface area contributed by atoms with E-state index in [0.717, 1.165) is 12.2 Å². The number of rotatable bonds is 7. The number of carbonyl (C=O) groups is 1. The summed E-state index contributed by atoms with van der Waals surface area (Å²) in [4.78, 5) is 17.3. The number of benzene rings is 1. The molecule has 2 aromatic rings. The summed E-state index contributed by atoms with van der Waals surface area (Å²) in [6.07, 6.45) is 1.90. The lowest BCUT2D eigenvalue weighted by Crippen LogP contribution is -2.26. The molecule has 0 saturated heterocycles. The summed E-state index contributed by atoms with van der Waals surface area (Å²) in [5.41, 5.74) is 3.40. The standard InChI is InChI=1S/C17H20N2O2/c1-14-6-2-3-7-15(14)12-19(11-9-17(20)21)13-16-8-4-5-10-18-16/h2-8,10H,9,11-13H2,1H3,(H,20,21). The first kappa shape index (κ1) is 15.2. The first-order valence-corrected chi connectivity index (χ1v) is 7.03. The van der Waals surface area contributed by atoms with Crippen LogP contribution in [0.15, 0.2) is 48.7 Å². The third-order valence-corrected chi connectivity index (χ3v) is 3.41. The number of aromatic nitrogens is 1. The molecule has 2 rings (SSSR count). The maximum atomic E-state index is 10.8. The Bertz CT molecular complexity index is 584. The fourth-order valence-electron chi connectivity index (χ4n) is 2.22. The Morgan fingerprint density at radius 3 is 2.57 bits per heavy atom. The number of aryl methyl sites for hydroxylation is 1. The summed E-state index contributed by atoms with van der Waals surface area (Å²) in [6, 6.07) is 14.0. The molecule has 0 fully saturated rings. The molecule has 0 aliphatic rings. The molecular formula is C17H20N2O2. The molecule has 0 bridgehead atoms. The van der Waals surface area contributed by atoms with E-state index in [1.807, 2.05) is 30.3 Å². The van der Waals surface area contributed by atoms with Gasteiger partial charge in [-0.25, -0.2) is 0 Å². The molecule has 0 spiro atoms. The van der Waals surface area contributed by atoms with Gasteiger partial charge in [0.25, 0.3) is 0 Å². The Morgan fingerprint density at radius 1 is 1.14 bits per heavy atom. The second-order valence-corrected chi connectivity index (χ2v) is 5.10. The molecule has 1 aromatic heterocycles. The second-order valence-electron chi connectivity index (χ2n) is 5.10. The summed E-state index contributed by atoms with van der Waals surface area (Å²) in [7, 11) is 0. The molecule has 0 saturated carbocycles. The smallest absolute Gasteiger partial charge is 0.304 e. The number of pyridine rings is 1. The molecule has 1 heterocycles. The maximum absolute atomic E-state index is 10.8. The van der Waals surface area contributed by atoms with Crippen molar-refractivity contribution in [3.8, 4) is 0 Å². The summed E-state index contributed by atoms with van der Waals surface area (Å²) in [5, 5.41) is 8.91. The van der Waals surface area contributed by atoms with Crippen LogP contribution in [0, 0.1) is 6.92 Å². The van der Waals surface area contributed by atoms with Gasteiger partial charge in [0, 0.05) is 25.8 Å². The van der Waals surface area contributed by atoms with E-state index >= 15 is 0 Å². The minimum atomic E-state index is -0.772. The van der Waals surface area contributed by atoms with Gasteiger partial charge in [0.1, 0.15) is 0 Å². The van der Waals surface area contributed by atoms with Gasteiger partial charge in [-0.3, -0.25) is 14.7 Å². The molecule has 0 amide bonds. The van der Waals surface area contributed by atoms with Gasteiger partial charge in [0.15, 0.2) is 0 Å². The van der Waals surface area contributed by atoms with Crippen molar-refractivity contribution < 1.29 is 9.90 Å². The molecule has 0 aliphatic carbocycles. The van der Waals surface area contributed by atoms with Crippen LogP contribution in [0.2, 0.25) is 0 Å². The lowest BCUT2D eigenvalue weighted by atomic mass is 10.1. The number of hydrogen-bond donors (Lipinski definition) is 1. The monoisotopic (exact) mass is 284 g/mol. The first-order chi connectivity index (χ1) is 10.1. The minimum absolute atomic E-state index is 0.138. The van der Waals surface area contributed by atoms with Crippen molar-refractivity contribution in [3.05, 3.63) is 65.5 Å². The second kappa shape index (κ2) is 7.55. The highest BCUT2D eigenvalue weighted by molar-refractivity contribution is 5.66. The predicted octanol–water partition coefficient (Wildman–Crippen LogP) is 2.87. The minimum Gasteiger partial charge on any atom is -0.481 e. The van der Waals surface area contributed by atoms with Crippen LogP contribution in [0.3, 0.4) is 0 Å². The Morgan fingerprint density at radius 2 is 1.90 bits per heavy atom. The van der Waals surface area contributed by atoms with Crippen LogP contribution in [0.4, 0.5) is 0 Å². The van der Waals surface area contributed by atoms with Gasteiger partial charge < -0.3 is 5.11 Å². The van der Waals surface area contributed by atoms with E-state index in [9.17, 15) is 4.79 Å². The van der Waals surface area contributed by atoms with E-state index in [4.69, 9.17) is 5.11 Å². The lowest BCUT2D eigenvalue weighted by Gasteiger charge is -2.22. The Kier molecular flexibility index (Phi) is 5.46. The molecule has 4 nitrogen and oxygen atoms in total. The molecule has 4 heteroatoms. The molecule has 0 radical (unpaired) electrons. The predicted molar refractivity (Wildman–Crippen MR) is 81.8 cm³/mol. The van der Waals surface area contributed by atoms with Crippen LogP contribution in [-0.4, -0.2) is 27.5 Å². The molecule has 1 N–H and O–H groups in total. The van der Waals surface area contributed by atoms with Gasteiger partial charge >= 0.3 is 5.97 Å². The topological polar surface area (TPSA) is 53.4 Å². The van der Waals surface area contributed by atoms with Crippen LogP contribution in [0.1, 0.15) is 23.2 Å². The van der Waals surface area contributed by atoms with Gasteiger partial charge in [0.2, 0.25) is 0 Å². The lowest BCUT2D eigenvalue weighted by molar-refractivity contribution is -0.137. The normalized spacial score (nSPS) is 10.8. The van der Waals surface area contributed by atoms with Gasteiger partial charge in [-0.15, -0.1) is 0 Å². The van der Waals surface area contributed by atoms with E-state index in [1.165, 1.54) is 11.1 Å². The fourth-order valence-corrected chi connectivity index (χ4v) is 2.22. The number of aliphatic carboxylic acids is 1. The first-order valence-electron chi connectivity index (χ1n) is 7.03. The van der Waals surface area contributed by atoms with Crippen LogP contribution in [0.5, 0.6) is 0 Å². The average Bonchev–Trinajstić information content (AvgIpc) is 2.48. The van der Waals surface area contributed by atoms with Gasteiger partial charge in [-0.1, -0.05) is 30.3 Å². The van der Waals surface area contributed by atoms with Crippen molar-refractivity contribution in [2.45, 2.75) is 26.4 Å². The third-order valence-electron chi connectivity index (χ3n) is 3.41. The van der Waals surface area contributed by atoms with Gasteiger partial charge in [-0.05, 0) is 30.2 Å². The average molecular weight is 284 g/mol. The number of carboxylic acid groups (broad SMARTS) is 1. The fraction of sp³-hybridized carbons (Fsp3) is 0.294. The zero-order chi connectivity index (χ0) is 15.1. The van der Waals surface area contributed by atoms with E-state index in [0.29, 0.717) is 13.1 Å². The van der Waals surface area contributed by atoms with Crippen LogP contribution in [0.25, 0.3) is 0 Å². The molecule has 0 unspecified atom stereocenters. The molecule has 110 valence electrons. The molecule has 0 aliphatic heterocycles. The summed E-state index contributed by atoms with van der Waals surface area (Å²) in [6.45, 7) is 3.98. The summed E-state index contributed by atoms with van der Waals surface area (Å²) in [5.74, 6) is -0.772. The van der Waals surface area contributed by atoms with Crippen molar-refractivity contribution in [3.63, 3.8) is 0 Å². The SMILES string of the molecule is Cc1ccccc1CN(CCC(=O)O)Cc1ccccn1. The Hall–Kier alpha value is -2.20. The van der Waals surface area contributed by atoms with E-state index in [-0.39, 0.29) is 6.42 Å². The number of nitrogens with zero attached hydrogens (tertiary/aromatic N) is 2. The largest absolute Gasteiger partial charge is 0.481 e. The maximum Gasteiger partial charge on any atom is 0.304 e. The zero-order valence-corrected chi connectivity index (χ0v) is 12.2. The van der Waals surface area contributed by atoms with Crippen LogP contribution >= 0.6 is 0 Å². The van der Waals surface area contributed by atoms with E-state index in [2.05, 4.69) is 28.9 Å². The molecule has 0 atom stereocenters. The number of hydrogen-bond acceptors (Lipinski definition) is 3. The van der Waals surface area contributed by atoms with Crippen molar-refractivity contribution in [2.75, 3.05) is 6.54 Å². The van der Waals surface area contributed by atoms with E-state index in [1.54, 1.807) is 6.20 Å². The molecule has 21 heavy (non-hydrogen) atoms. The van der Waals surface area contributed by atoms with Crippen molar-refractivity contribution in [1.82, 2.24) is 9.88 Å². The quantitative estimate of drug-likeness (QED) is 0.849. The van der Waals surface area contributed by atoms with Crippen molar-refractivity contribution in [2.24, 2.45) is 0 Å². The molecular weight excluding hydrogens is 264 g/mol. The van der Waals surface area contributed by atoms with Crippen molar-refractivity contribution in [1.29, 1.82) is 0 Å². The zero-order valence-electron chi connectivity index (χ0n) is 12.2. The Labute approximate surface area is 125 Å². The highest BCUT2D eigenvalue weighted by Crippen LogP contribution is 2.13. The summed E-state index contributed by atoms with van der Waals surface area (Å²) < 4.78 is 0. The van der Waals surface area contributed by atoms with Crippen LogP contribution in [-0.2, 0) is 17.9 Å². The summed E-state index contributed by atoms with van der Waals surface area (Å²) >= 11 is 0. The Balaban J connectivity index is 2.08. The van der Waals surface area contributed by atoms with E-state index < -0.39 is 5.97 Å². The highest BCUT2D eigenvalue weighted by atomic mass is 16.4. The van der Waals surface area contributed by atoms with Gasteiger partial charge in [-0.2, -0.15) is 0 Å². The molecule has 1 aromatic carbocycles. The highest BCUT2D eigenvalue weighted by Gasteiger charge is 2.11.